The molecule has 4 heteroatoms. The highest BCUT2D eigenvalue weighted by Gasteiger charge is 2.25. The smallest absolute Gasteiger partial charge is 0.0540 e. The summed E-state index contributed by atoms with van der Waals surface area (Å²) in [5.74, 6) is 0. The lowest BCUT2D eigenvalue weighted by Gasteiger charge is -2.32. The average molecular weight is 1060 g/mol. The maximum atomic E-state index is 2.51. The number of benzene rings is 14. The average Bonchev–Trinajstić information content (AvgIpc) is 4.18. The molecule has 0 radical (unpaired) electrons. The van der Waals surface area contributed by atoms with Crippen LogP contribution in [0.25, 0.3) is 116 Å². The van der Waals surface area contributed by atoms with Crippen LogP contribution >= 0.6 is 22.7 Å². The highest BCUT2D eigenvalue weighted by molar-refractivity contribution is 7.26. The fourth-order valence-corrected chi connectivity index (χ4v) is 15.8. The zero-order chi connectivity index (χ0) is 53.3. The molecule has 0 aliphatic heterocycles. The number of hydrogen-bond donors (Lipinski definition) is 0. The maximum absolute atomic E-state index is 2.51. The molecule has 80 heavy (non-hydrogen) atoms. The van der Waals surface area contributed by atoms with Crippen LogP contribution in [0.4, 0.5) is 34.1 Å². The van der Waals surface area contributed by atoms with Crippen LogP contribution < -0.4 is 9.80 Å². The third-order valence-corrected chi connectivity index (χ3v) is 19.4. The Kier molecular flexibility index (Phi) is 10.6. The number of fused-ring (bicyclic) bond motifs is 8. The summed E-state index contributed by atoms with van der Waals surface area (Å²) in [6.45, 7) is 8.99. The van der Waals surface area contributed by atoms with Gasteiger partial charge in [0.2, 0.25) is 0 Å². The molecule has 16 rings (SSSR count). The molecule has 16 aromatic rings. The summed E-state index contributed by atoms with van der Waals surface area (Å²) in [6, 6.07) is 91.2. The molecular weight excluding hydrogens is 1000 g/mol. The molecule has 0 aliphatic carbocycles. The third-order valence-electron chi connectivity index (χ3n) is 17.0. The molecule has 0 saturated heterocycles. The maximum Gasteiger partial charge on any atom is 0.0540 e. The summed E-state index contributed by atoms with van der Waals surface area (Å²) in [5, 5.41) is 17.8. The zero-order valence-corrected chi connectivity index (χ0v) is 46.4. The minimum Gasteiger partial charge on any atom is -0.309 e. The molecule has 0 amide bonds. The van der Waals surface area contributed by atoms with Crippen molar-refractivity contribution in [3.05, 3.63) is 265 Å². The lowest BCUT2D eigenvalue weighted by atomic mass is 9.91. The molecule has 0 fully saturated rings. The molecule has 2 nitrogen and oxygen atoms in total. The van der Waals surface area contributed by atoms with Gasteiger partial charge in [-0.25, -0.2) is 0 Å². The van der Waals surface area contributed by atoms with Gasteiger partial charge in [-0.1, -0.05) is 182 Å². The number of rotatable bonds is 8. The first kappa shape index (κ1) is 46.7. The number of thiophene rings is 2. The number of nitrogens with zero attached hydrogens (tertiary/aromatic N) is 2. The molecule has 0 N–H and O–H groups in total. The van der Waals surface area contributed by atoms with E-state index in [9.17, 15) is 0 Å². The van der Waals surface area contributed by atoms with Crippen LogP contribution in [0.3, 0.4) is 0 Å². The van der Waals surface area contributed by atoms with E-state index in [0.29, 0.717) is 0 Å². The molecule has 14 aromatic carbocycles. The summed E-state index contributed by atoms with van der Waals surface area (Å²) in [4.78, 5) is 5.03. The van der Waals surface area contributed by atoms with E-state index in [1.54, 1.807) is 0 Å². The van der Waals surface area contributed by atoms with Crippen molar-refractivity contribution in [3.63, 3.8) is 0 Å². The van der Waals surface area contributed by atoms with Crippen molar-refractivity contribution < 1.29 is 0 Å². The standard InChI is InChI=1S/C76H52N2S2/c1-45-13-9-14-46(2)73(45)77(57-33-25-49(26-34-57)59-21-11-23-61-65-41-53-17-5-7-19-55(53)43-69(65)79-75(59)61)67-39-31-51-30-38-64-68(40-32-52-29-37-63(67)71(51)72(52)64)78(74-47(3)15-10-16-48(74)4)58-35-27-50(28-36-58)60-22-12-24-62-66-42-54-18-6-8-20-56(54)44-70(66)80-76(60)62/h5-44H,1-4H3. The summed E-state index contributed by atoms with van der Waals surface area (Å²) in [7, 11) is 0. The highest BCUT2D eigenvalue weighted by atomic mass is 32.1. The number of anilines is 6. The fraction of sp³-hybridized carbons (Fsp3) is 0.0526. The molecule has 0 bridgehead atoms. The second kappa shape index (κ2) is 18.1. The first-order valence-electron chi connectivity index (χ1n) is 27.6. The Balaban J connectivity index is 0.838. The van der Waals surface area contributed by atoms with E-state index in [-0.39, 0.29) is 0 Å². The van der Waals surface area contributed by atoms with E-state index in [1.165, 1.54) is 150 Å². The van der Waals surface area contributed by atoms with Crippen LogP contribution in [0.15, 0.2) is 243 Å². The largest absolute Gasteiger partial charge is 0.309 e. The number of aryl methyl sites for hydroxylation is 4. The van der Waals surface area contributed by atoms with E-state index in [0.717, 1.165) is 22.7 Å². The molecular formula is C76H52N2S2. The van der Waals surface area contributed by atoms with E-state index < -0.39 is 0 Å². The molecule has 0 saturated carbocycles. The van der Waals surface area contributed by atoms with Gasteiger partial charge < -0.3 is 9.80 Å². The second-order valence-electron chi connectivity index (χ2n) is 21.8. The van der Waals surface area contributed by atoms with Gasteiger partial charge in [-0.15, -0.1) is 22.7 Å². The lowest BCUT2D eigenvalue weighted by Crippen LogP contribution is -2.14. The number of hydrogen-bond acceptors (Lipinski definition) is 4. The predicted octanol–water partition coefficient (Wildman–Crippen LogP) is 23.1. The Bertz CT molecular complexity index is 4810. The van der Waals surface area contributed by atoms with Gasteiger partial charge in [0, 0.05) is 62.5 Å². The van der Waals surface area contributed by atoms with Gasteiger partial charge in [-0.3, -0.25) is 0 Å². The van der Waals surface area contributed by atoms with Crippen LogP contribution in [-0.2, 0) is 0 Å². The van der Waals surface area contributed by atoms with Gasteiger partial charge in [-0.2, -0.15) is 0 Å². The Labute approximate surface area is 472 Å². The molecule has 378 valence electrons. The minimum absolute atomic E-state index is 1.12. The quantitative estimate of drug-likeness (QED) is 0.140. The topological polar surface area (TPSA) is 6.48 Å². The monoisotopic (exact) mass is 1060 g/mol. The van der Waals surface area contributed by atoms with Crippen molar-refractivity contribution in [2.75, 3.05) is 9.80 Å². The van der Waals surface area contributed by atoms with E-state index in [4.69, 9.17) is 0 Å². The summed E-state index contributed by atoms with van der Waals surface area (Å²) in [6.07, 6.45) is 0. The predicted molar refractivity (Wildman–Crippen MR) is 350 cm³/mol. The van der Waals surface area contributed by atoms with Crippen LogP contribution in [0.2, 0.25) is 0 Å². The Morgan fingerprint density at radius 2 is 0.637 bits per heavy atom. The van der Waals surface area contributed by atoms with Gasteiger partial charge in [0.05, 0.1) is 22.7 Å². The van der Waals surface area contributed by atoms with Gasteiger partial charge in [-0.05, 0) is 176 Å². The molecule has 0 atom stereocenters. The normalized spacial score (nSPS) is 12.0. The summed E-state index contributed by atoms with van der Waals surface area (Å²) in [5.41, 5.74) is 16.9. The Hall–Kier alpha value is -9.32. The zero-order valence-electron chi connectivity index (χ0n) is 44.8. The van der Waals surface area contributed by atoms with E-state index >= 15 is 0 Å². The lowest BCUT2D eigenvalue weighted by molar-refractivity contribution is 1.23. The van der Waals surface area contributed by atoms with Crippen molar-refractivity contribution in [3.8, 4) is 22.3 Å². The van der Waals surface area contributed by atoms with E-state index in [1.807, 2.05) is 22.7 Å². The number of para-hydroxylation sites is 2. The van der Waals surface area contributed by atoms with Gasteiger partial charge in [0.15, 0.2) is 0 Å². The van der Waals surface area contributed by atoms with Crippen LogP contribution in [0.1, 0.15) is 22.3 Å². The molecule has 0 unspecified atom stereocenters. The van der Waals surface area contributed by atoms with Crippen LogP contribution in [-0.4, -0.2) is 0 Å². The molecule has 0 spiro atoms. The van der Waals surface area contributed by atoms with Gasteiger partial charge in [0.1, 0.15) is 0 Å². The van der Waals surface area contributed by atoms with Crippen molar-refractivity contribution >= 4 is 151 Å². The Morgan fingerprint density at radius 3 is 1.04 bits per heavy atom. The molecule has 2 heterocycles. The van der Waals surface area contributed by atoms with Gasteiger partial charge in [0.25, 0.3) is 0 Å². The first-order valence-corrected chi connectivity index (χ1v) is 29.3. The van der Waals surface area contributed by atoms with Crippen LogP contribution in [0, 0.1) is 27.7 Å². The fourth-order valence-electron chi connectivity index (χ4n) is 13.3. The van der Waals surface area contributed by atoms with Crippen molar-refractivity contribution in [1.82, 2.24) is 0 Å². The molecule has 2 aromatic heterocycles. The minimum atomic E-state index is 1.12. The SMILES string of the molecule is Cc1cccc(C)c1N(c1ccc(-c2cccc3c2sc2cc4ccccc4cc23)cc1)c1ccc2ccc3c(N(c4ccc(-c5cccc6c5sc5cc7ccccc7cc56)cc4)c4c(C)cccc4C)ccc4ccc1c2c43. The van der Waals surface area contributed by atoms with Crippen molar-refractivity contribution in [2.45, 2.75) is 27.7 Å². The molecule has 0 aliphatic rings. The summed E-state index contributed by atoms with van der Waals surface area (Å²) >= 11 is 3.80. The Morgan fingerprint density at radius 1 is 0.275 bits per heavy atom. The second-order valence-corrected chi connectivity index (χ2v) is 23.9. The van der Waals surface area contributed by atoms with Gasteiger partial charge >= 0.3 is 0 Å². The van der Waals surface area contributed by atoms with Crippen molar-refractivity contribution in [2.24, 2.45) is 0 Å². The van der Waals surface area contributed by atoms with E-state index in [2.05, 4.69) is 280 Å². The highest BCUT2D eigenvalue weighted by Crippen LogP contribution is 2.51. The first-order chi connectivity index (χ1) is 39.3. The third kappa shape index (κ3) is 7.22. The van der Waals surface area contributed by atoms with Crippen molar-refractivity contribution in [1.29, 1.82) is 0 Å². The summed E-state index contributed by atoms with van der Waals surface area (Å²) < 4.78 is 5.30. The van der Waals surface area contributed by atoms with Crippen LogP contribution in [0.5, 0.6) is 0 Å².